The molecular formula is C15H12ClN3O. The smallest absolute Gasteiger partial charge is 0.141 e. The van der Waals surface area contributed by atoms with Crippen molar-refractivity contribution in [3.63, 3.8) is 0 Å². The first-order valence-electron chi connectivity index (χ1n) is 6.15. The van der Waals surface area contributed by atoms with Crippen molar-refractivity contribution in [1.29, 1.82) is 0 Å². The van der Waals surface area contributed by atoms with Crippen LogP contribution in [0, 0.1) is 0 Å². The highest BCUT2D eigenvalue weighted by Gasteiger charge is 2.06. The normalized spacial score (nSPS) is 10.7. The Bertz CT molecular complexity index is 744. The Morgan fingerprint density at radius 3 is 2.80 bits per heavy atom. The maximum atomic E-state index is 9.80. The molecule has 1 aromatic carbocycles. The van der Waals surface area contributed by atoms with Crippen molar-refractivity contribution in [3.05, 3.63) is 59.4 Å². The van der Waals surface area contributed by atoms with Crippen LogP contribution in [0.2, 0.25) is 5.02 Å². The van der Waals surface area contributed by atoms with Crippen LogP contribution in [-0.2, 0) is 6.54 Å². The number of fused-ring (bicyclic) bond motifs is 1. The first-order chi connectivity index (χ1) is 9.74. The van der Waals surface area contributed by atoms with E-state index >= 15 is 0 Å². The Kier molecular flexibility index (Phi) is 3.39. The molecule has 100 valence electrons. The van der Waals surface area contributed by atoms with Crippen LogP contribution in [0.25, 0.3) is 10.9 Å². The number of hydrogen-bond donors (Lipinski definition) is 2. The molecule has 0 fully saturated rings. The lowest BCUT2D eigenvalue weighted by molar-refractivity contribution is 0.480. The molecule has 0 saturated heterocycles. The number of halogens is 1. The summed E-state index contributed by atoms with van der Waals surface area (Å²) in [6.07, 6.45) is 3.26. The molecule has 4 nitrogen and oxygen atoms in total. The summed E-state index contributed by atoms with van der Waals surface area (Å²) < 4.78 is 0. The molecule has 2 heterocycles. The summed E-state index contributed by atoms with van der Waals surface area (Å²) in [6.45, 7) is 0.594. The summed E-state index contributed by atoms with van der Waals surface area (Å²) in [5, 5.41) is 14.6. The first-order valence-corrected chi connectivity index (χ1v) is 6.53. The van der Waals surface area contributed by atoms with Gasteiger partial charge < -0.3 is 10.4 Å². The van der Waals surface area contributed by atoms with Gasteiger partial charge in [-0.2, -0.15) is 0 Å². The van der Waals surface area contributed by atoms with Gasteiger partial charge >= 0.3 is 0 Å². The predicted molar refractivity (Wildman–Crippen MR) is 80.0 cm³/mol. The fourth-order valence-corrected chi connectivity index (χ4v) is 2.15. The van der Waals surface area contributed by atoms with Crippen molar-refractivity contribution < 1.29 is 5.11 Å². The number of pyridine rings is 2. The van der Waals surface area contributed by atoms with Gasteiger partial charge in [-0.3, -0.25) is 4.98 Å². The van der Waals surface area contributed by atoms with Gasteiger partial charge in [0, 0.05) is 24.3 Å². The molecule has 0 radical (unpaired) electrons. The van der Waals surface area contributed by atoms with Crippen LogP contribution in [0.3, 0.4) is 0 Å². The fraction of sp³-hybridized carbons (Fsp3) is 0.0667. The number of anilines is 1. The minimum atomic E-state index is 0.189. The number of nitrogens with zero attached hydrogens (tertiary/aromatic N) is 2. The molecule has 0 unspecified atom stereocenters. The SMILES string of the molecule is Oc1ccc(CNc2ccc(Cl)cn2)c2cccnc12. The minimum absolute atomic E-state index is 0.189. The average molecular weight is 286 g/mol. The van der Waals surface area contributed by atoms with E-state index in [9.17, 15) is 5.11 Å². The molecule has 0 bridgehead atoms. The van der Waals surface area contributed by atoms with Gasteiger partial charge in [0.05, 0.1) is 5.02 Å². The molecule has 5 heteroatoms. The molecule has 2 N–H and O–H groups in total. The lowest BCUT2D eigenvalue weighted by Gasteiger charge is -2.09. The summed E-state index contributed by atoms with van der Waals surface area (Å²) in [5.41, 5.74) is 1.65. The molecule has 0 aliphatic heterocycles. The van der Waals surface area contributed by atoms with Gasteiger partial charge in [-0.05, 0) is 29.8 Å². The lowest BCUT2D eigenvalue weighted by Crippen LogP contribution is -2.01. The number of rotatable bonds is 3. The quantitative estimate of drug-likeness (QED) is 0.772. The predicted octanol–water partition coefficient (Wildman–Crippen LogP) is 3.60. The van der Waals surface area contributed by atoms with Gasteiger partial charge in [0.1, 0.15) is 17.1 Å². The van der Waals surface area contributed by atoms with Crippen LogP contribution in [0.5, 0.6) is 5.75 Å². The average Bonchev–Trinajstić information content (AvgIpc) is 2.49. The van der Waals surface area contributed by atoms with Crippen molar-refractivity contribution >= 4 is 28.3 Å². The third-order valence-electron chi connectivity index (χ3n) is 3.03. The Morgan fingerprint density at radius 1 is 1.10 bits per heavy atom. The Balaban J connectivity index is 1.88. The molecule has 2 aromatic heterocycles. The maximum Gasteiger partial charge on any atom is 0.141 e. The molecule has 0 atom stereocenters. The molecule has 0 saturated carbocycles. The molecule has 0 amide bonds. The van der Waals surface area contributed by atoms with Gasteiger partial charge in [-0.25, -0.2) is 4.98 Å². The van der Waals surface area contributed by atoms with Crippen molar-refractivity contribution in [2.24, 2.45) is 0 Å². The second-order valence-corrected chi connectivity index (χ2v) is 4.80. The maximum absolute atomic E-state index is 9.80. The number of phenols is 1. The lowest BCUT2D eigenvalue weighted by atomic mass is 10.1. The summed E-state index contributed by atoms with van der Waals surface area (Å²) in [5.74, 6) is 0.938. The number of benzene rings is 1. The largest absolute Gasteiger partial charge is 0.506 e. The molecule has 0 spiro atoms. The van der Waals surface area contributed by atoms with Crippen LogP contribution in [0.15, 0.2) is 48.8 Å². The molecule has 0 aliphatic rings. The topological polar surface area (TPSA) is 58.0 Å². The zero-order valence-electron chi connectivity index (χ0n) is 10.5. The first kappa shape index (κ1) is 12.7. The molecular weight excluding hydrogens is 274 g/mol. The van der Waals surface area contributed by atoms with Gasteiger partial charge in [0.15, 0.2) is 0 Å². The number of phenolic OH excluding ortho intramolecular Hbond substituents is 1. The Hall–Kier alpha value is -2.33. The van der Waals surface area contributed by atoms with Crippen molar-refractivity contribution in [2.45, 2.75) is 6.54 Å². The van der Waals surface area contributed by atoms with Crippen LogP contribution in [0.1, 0.15) is 5.56 Å². The second-order valence-electron chi connectivity index (χ2n) is 4.36. The van der Waals surface area contributed by atoms with Gasteiger partial charge in [-0.15, -0.1) is 0 Å². The van der Waals surface area contributed by atoms with Gasteiger partial charge in [0.2, 0.25) is 0 Å². The van der Waals surface area contributed by atoms with E-state index in [0.717, 1.165) is 16.8 Å². The van der Waals surface area contributed by atoms with Gasteiger partial charge in [0.25, 0.3) is 0 Å². The van der Waals surface area contributed by atoms with Crippen LogP contribution < -0.4 is 5.32 Å². The van der Waals surface area contributed by atoms with E-state index in [0.29, 0.717) is 17.1 Å². The second kappa shape index (κ2) is 5.35. The van der Waals surface area contributed by atoms with E-state index in [4.69, 9.17) is 11.6 Å². The monoisotopic (exact) mass is 285 g/mol. The van der Waals surface area contributed by atoms with E-state index in [2.05, 4.69) is 15.3 Å². The van der Waals surface area contributed by atoms with Crippen molar-refractivity contribution in [1.82, 2.24) is 9.97 Å². The van der Waals surface area contributed by atoms with Crippen LogP contribution >= 0.6 is 11.6 Å². The summed E-state index contributed by atoms with van der Waals surface area (Å²) in [7, 11) is 0. The Labute approximate surface area is 121 Å². The number of nitrogens with one attached hydrogen (secondary N) is 1. The van der Waals surface area contributed by atoms with Crippen LogP contribution in [0.4, 0.5) is 5.82 Å². The Morgan fingerprint density at radius 2 is 2.00 bits per heavy atom. The molecule has 3 aromatic rings. The van der Waals surface area contributed by atoms with E-state index in [1.807, 2.05) is 24.3 Å². The summed E-state index contributed by atoms with van der Waals surface area (Å²) in [4.78, 5) is 8.38. The van der Waals surface area contributed by atoms with Crippen LogP contribution in [-0.4, -0.2) is 15.1 Å². The summed E-state index contributed by atoms with van der Waals surface area (Å²) in [6, 6.07) is 10.9. The molecule has 0 aliphatic carbocycles. The third-order valence-corrected chi connectivity index (χ3v) is 3.25. The standard InChI is InChI=1S/C15H12ClN3O/c16-11-4-6-14(19-9-11)18-8-10-3-5-13(20)15-12(10)2-1-7-17-15/h1-7,9,20H,8H2,(H,18,19). The van der Waals surface area contributed by atoms with Crippen molar-refractivity contribution in [2.75, 3.05) is 5.32 Å². The fourth-order valence-electron chi connectivity index (χ4n) is 2.04. The van der Waals surface area contributed by atoms with E-state index in [1.54, 1.807) is 24.5 Å². The highest BCUT2D eigenvalue weighted by molar-refractivity contribution is 6.30. The minimum Gasteiger partial charge on any atom is -0.506 e. The molecule has 20 heavy (non-hydrogen) atoms. The van der Waals surface area contributed by atoms with E-state index < -0.39 is 0 Å². The van der Waals surface area contributed by atoms with E-state index in [-0.39, 0.29) is 5.75 Å². The summed E-state index contributed by atoms with van der Waals surface area (Å²) >= 11 is 5.80. The molecule has 3 rings (SSSR count). The number of hydrogen-bond acceptors (Lipinski definition) is 4. The highest BCUT2D eigenvalue weighted by atomic mass is 35.5. The van der Waals surface area contributed by atoms with Crippen molar-refractivity contribution in [3.8, 4) is 5.75 Å². The highest BCUT2D eigenvalue weighted by Crippen LogP contribution is 2.25. The zero-order chi connectivity index (χ0) is 13.9. The van der Waals surface area contributed by atoms with E-state index in [1.165, 1.54) is 0 Å². The zero-order valence-corrected chi connectivity index (χ0v) is 11.3. The number of aromatic nitrogens is 2. The third kappa shape index (κ3) is 2.51. The van der Waals surface area contributed by atoms with Gasteiger partial charge in [-0.1, -0.05) is 23.7 Å². The number of aromatic hydroxyl groups is 1.